The minimum atomic E-state index is -0.997. The van der Waals surface area contributed by atoms with Crippen molar-refractivity contribution in [3.05, 3.63) is 96.1 Å². The fourth-order valence-corrected chi connectivity index (χ4v) is 3.35. The molecule has 0 bridgehead atoms. The summed E-state index contributed by atoms with van der Waals surface area (Å²) in [4.78, 5) is 25.4. The van der Waals surface area contributed by atoms with Gasteiger partial charge in [0, 0.05) is 0 Å². The van der Waals surface area contributed by atoms with Crippen LogP contribution in [0.4, 0.5) is 0 Å². The van der Waals surface area contributed by atoms with Crippen molar-refractivity contribution in [2.75, 3.05) is 6.61 Å². The predicted octanol–water partition coefficient (Wildman–Crippen LogP) is 3.66. The van der Waals surface area contributed by atoms with Crippen molar-refractivity contribution in [3.8, 4) is 11.5 Å². The lowest BCUT2D eigenvalue weighted by Crippen LogP contribution is -2.43. The Bertz CT molecular complexity index is 999. The molecule has 0 fully saturated rings. The smallest absolute Gasteiger partial charge is 0.351 e. The summed E-state index contributed by atoms with van der Waals surface area (Å²) < 4.78 is 16.6. The van der Waals surface area contributed by atoms with Gasteiger partial charge in [-0.2, -0.15) is 0 Å². The summed E-state index contributed by atoms with van der Waals surface area (Å²) in [7, 11) is 0. The second kappa shape index (κ2) is 9.34. The molecule has 0 aromatic heterocycles. The molecule has 1 aliphatic heterocycles. The van der Waals surface area contributed by atoms with Gasteiger partial charge in [0.15, 0.2) is 17.6 Å². The van der Waals surface area contributed by atoms with Gasteiger partial charge in [-0.15, -0.1) is 0 Å². The summed E-state index contributed by atoms with van der Waals surface area (Å²) in [5, 5.41) is 2.99. The molecule has 1 N–H and O–H groups in total. The summed E-state index contributed by atoms with van der Waals surface area (Å²) >= 11 is 0. The molecule has 3 aromatic rings. The Hall–Kier alpha value is -3.80. The molecule has 4 rings (SSSR count). The molecule has 158 valence electrons. The summed E-state index contributed by atoms with van der Waals surface area (Å²) in [6.45, 7) is 1.57. The molecule has 6 nitrogen and oxygen atoms in total. The predicted molar refractivity (Wildman–Crippen MR) is 115 cm³/mol. The molecule has 0 radical (unpaired) electrons. The molecule has 0 saturated carbocycles. The van der Waals surface area contributed by atoms with Crippen LogP contribution in [0.3, 0.4) is 0 Å². The maximum absolute atomic E-state index is 12.9. The van der Waals surface area contributed by atoms with Crippen molar-refractivity contribution < 1.29 is 23.8 Å². The van der Waals surface area contributed by atoms with Gasteiger partial charge in [-0.25, -0.2) is 4.79 Å². The SMILES string of the molecule is C[C@@H](OC(=O)[C@H]1COc2ccccc2O1)C(=O)NC(c1ccccc1)c1ccccc1. The molecule has 0 aliphatic carbocycles. The normalized spacial score (nSPS) is 15.7. The van der Waals surface area contributed by atoms with Crippen LogP contribution in [0.2, 0.25) is 0 Å². The lowest BCUT2D eigenvalue weighted by molar-refractivity contribution is -0.163. The molecule has 1 aliphatic rings. The van der Waals surface area contributed by atoms with Crippen LogP contribution < -0.4 is 14.8 Å². The molecule has 31 heavy (non-hydrogen) atoms. The van der Waals surface area contributed by atoms with E-state index >= 15 is 0 Å². The summed E-state index contributed by atoms with van der Waals surface area (Å²) in [5.74, 6) is 0.00300. The monoisotopic (exact) mass is 417 g/mol. The minimum absolute atomic E-state index is 0.0286. The van der Waals surface area contributed by atoms with E-state index in [0.29, 0.717) is 11.5 Å². The molecular formula is C25H23NO5. The van der Waals surface area contributed by atoms with Crippen LogP contribution in [0.1, 0.15) is 24.1 Å². The van der Waals surface area contributed by atoms with Crippen LogP contribution in [0, 0.1) is 0 Å². The van der Waals surface area contributed by atoms with Crippen LogP contribution >= 0.6 is 0 Å². The van der Waals surface area contributed by atoms with Gasteiger partial charge in [0.25, 0.3) is 5.91 Å². The average molecular weight is 417 g/mol. The number of nitrogens with one attached hydrogen (secondary N) is 1. The van der Waals surface area contributed by atoms with Gasteiger partial charge in [-0.3, -0.25) is 4.79 Å². The maximum Gasteiger partial charge on any atom is 0.351 e. The number of ether oxygens (including phenoxy) is 3. The van der Waals surface area contributed by atoms with E-state index in [9.17, 15) is 9.59 Å². The van der Waals surface area contributed by atoms with E-state index in [1.807, 2.05) is 66.7 Å². The van der Waals surface area contributed by atoms with Crippen LogP contribution in [-0.2, 0) is 14.3 Å². The molecule has 0 unspecified atom stereocenters. The topological polar surface area (TPSA) is 73.9 Å². The van der Waals surface area contributed by atoms with Crippen LogP contribution in [0.15, 0.2) is 84.9 Å². The van der Waals surface area contributed by atoms with Gasteiger partial charge < -0.3 is 19.5 Å². The zero-order valence-electron chi connectivity index (χ0n) is 17.1. The number of hydrogen-bond donors (Lipinski definition) is 1. The number of carbonyl (C=O) groups is 2. The fraction of sp³-hybridized carbons (Fsp3) is 0.200. The summed E-state index contributed by atoms with van der Waals surface area (Å²) in [6.07, 6.45) is -1.92. The number of benzene rings is 3. The van der Waals surface area contributed by atoms with Gasteiger partial charge >= 0.3 is 5.97 Å². The first-order valence-corrected chi connectivity index (χ1v) is 10.1. The third kappa shape index (κ3) is 4.86. The van der Waals surface area contributed by atoms with Gasteiger partial charge in [0.2, 0.25) is 6.10 Å². The minimum Gasteiger partial charge on any atom is -0.485 e. The first-order valence-electron chi connectivity index (χ1n) is 10.1. The molecule has 0 spiro atoms. The Morgan fingerprint density at radius 1 is 0.871 bits per heavy atom. The van der Waals surface area contributed by atoms with Crippen molar-refractivity contribution in [3.63, 3.8) is 0 Å². The lowest BCUT2D eigenvalue weighted by Gasteiger charge is -2.26. The Morgan fingerprint density at radius 3 is 2.03 bits per heavy atom. The Kier molecular flexibility index (Phi) is 6.17. The highest BCUT2D eigenvalue weighted by Gasteiger charge is 2.31. The number of carbonyl (C=O) groups excluding carboxylic acids is 2. The lowest BCUT2D eigenvalue weighted by atomic mass is 9.98. The average Bonchev–Trinajstić information content (AvgIpc) is 2.83. The van der Waals surface area contributed by atoms with E-state index in [-0.39, 0.29) is 12.6 Å². The second-order valence-corrected chi connectivity index (χ2v) is 7.21. The largest absolute Gasteiger partial charge is 0.485 e. The fourth-order valence-electron chi connectivity index (χ4n) is 3.35. The number of esters is 1. The highest BCUT2D eigenvalue weighted by atomic mass is 16.6. The summed E-state index contributed by atoms with van der Waals surface area (Å²) in [6, 6.07) is 26.0. The molecule has 6 heteroatoms. The van der Waals surface area contributed by atoms with E-state index < -0.39 is 24.1 Å². The molecular weight excluding hydrogens is 394 g/mol. The van der Waals surface area contributed by atoms with Crippen LogP contribution in [0.25, 0.3) is 0 Å². The zero-order valence-corrected chi connectivity index (χ0v) is 17.1. The van der Waals surface area contributed by atoms with Crippen molar-refractivity contribution >= 4 is 11.9 Å². The van der Waals surface area contributed by atoms with Crippen molar-refractivity contribution in [2.45, 2.75) is 25.2 Å². The molecule has 0 saturated heterocycles. The van der Waals surface area contributed by atoms with Gasteiger partial charge in [0.1, 0.15) is 6.61 Å². The molecule has 3 aromatic carbocycles. The highest BCUT2D eigenvalue weighted by Crippen LogP contribution is 2.31. The number of amides is 1. The number of fused-ring (bicyclic) bond motifs is 1. The second-order valence-electron chi connectivity index (χ2n) is 7.21. The zero-order chi connectivity index (χ0) is 21.6. The number of rotatable bonds is 6. The quantitative estimate of drug-likeness (QED) is 0.620. The maximum atomic E-state index is 12.9. The van der Waals surface area contributed by atoms with Crippen LogP contribution in [-0.4, -0.2) is 30.7 Å². The molecule has 2 atom stereocenters. The van der Waals surface area contributed by atoms with E-state index in [1.54, 1.807) is 18.2 Å². The third-order valence-electron chi connectivity index (χ3n) is 4.99. The Morgan fingerprint density at radius 2 is 1.42 bits per heavy atom. The third-order valence-corrected chi connectivity index (χ3v) is 4.99. The van der Waals surface area contributed by atoms with Gasteiger partial charge in [-0.1, -0.05) is 72.8 Å². The first-order chi connectivity index (χ1) is 15.1. The number of hydrogen-bond acceptors (Lipinski definition) is 5. The standard InChI is InChI=1S/C25H23NO5/c1-17(30-25(28)22-16-29-20-14-8-9-15-21(20)31-22)24(27)26-23(18-10-4-2-5-11-18)19-12-6-3-7-13-19/h2-15,17,22-23H,16H2,1H3,(H,26,27)/t17-,22-/m1/s1. The molecule has 1 amide bonds. The van der Waals surface area contributed by atoms with Gasteiger partial charge in [-0.05, 0) is 30.2 Å². The van der Waals surface area contributed by atoms with Crippen LogP contribution in [0.5, 0.6) is 11.5 Å². The Balaban J connectivity index is 1.42. The van der Waals surface area contributed by atoms with Gasteiger partial charge in [0.05, 0.1) is 6.04 Å². The molecule has 1 heterocycles. The first kappa shape index (κ1) is 20.5. The van der Waals surface area contributed by atoms with Crippen molar-refractivity contribution in [1.82, 2.24) is 5.32 Å². The number of para-hydroxylation sites is 2. The highest BCUT2D eigenvalue weighted by molar-refractivity contribution is 5.85. The summed E-state index contributed by atoms with van der Waals surface area (Å²) in [5.41, 5.74) is 1.86. The van der Waals surface area contributed by atoms with E-state index in [2.05, 4.69) is 5.32 Å². The van der Waals surface area contributed by atoms with E-state index in [0.717, 1.165) is 11.1 Å². The van der Waals surface area contributed by atoms with Crippen molar-refractivity contribution in [1.29, 1.82) is 0 Å². The van der Waals surface area contributed by atoms with Crippen molar-refractivity contribution in [2.24, 2.45) is 0 Å². The Labute approximate surface area is 180 Å². The van der Waals surface area contributed by atoms with E-state index in [4.69, 9.17) is 14.2 Å². The van der Waals surface area contributed by atoms with E-state index in [1.165, 1.54) is 6.92 Å².